The Balaban J connectivity index is 1.96. The Bertz CT molecular complexity index is 1340. The van der Waals surface area contributed by atoms with Gasteiger partial charge in [0, 0.05) is 0 Å². The van der Waals surface area contributed by atoms with E-state index in [4.69, 9.17) is 33.4 Å². The van der Waals surface area contributed by atoms with E-state index < -0.39 is 74.1 Å². The maximum Gasteiger partial charge on any atom is 0.380 e. The largest absolute Gasteiger partial charge is 0.463 e. The van der Waals surface area contributed by atoms with Crippen LogP contribution in [0.25, 0.3) is 0 Å². The highest BCUT2D eigenvalue weighted by molar-refractivity contribution is 7.54. The van der Waals surface area contributed by atoms with E-state index in [9.17, 15) is 19.3 Å². The zero-order valence-electron chi connectivity index (χ0n) is 22.2. The average molecular weight is 540 g/mol. The number of benzene rings is 1. The van der Waals surface area contributed by atoms with E-state index in [1.165, 1.54) is 19.1 Å². The van der Waals surface area contributed by atoms with Gasteiger partial charge in [0.2, 0.25) is 11.6 Å². The van der Waals surface area contributed by atoms with Crippen molar-refractivity contribution in [2.45, 2.75) is 51.0 Å². The number of esters is 1. The number of para-hydroxylation sites is 1. The summed E-state index contributed by atoms with van der Waals surface area (Å²) in [5.74, 6) is -0.574. The molecule has 1 aliphatic rings. The molecule has 1 saturated heterocycles. The van der Waals surface area contributed by atoms with Gasteiger partial charge in [-0.25, -0.2) is 18.7 Å². The second kappa shape index (κ2) is 11.4. The summed E-state index contributed by atoms with van der Waals surface area (Å²) in [7, 11) is -4.60. The first-order valence-corrected chi connectivity index (χ1v) is 12.8. The number of halogens is 1. The monoisotopic (exact) mass is 540 g/mol. The third-order valence-corrected chi connectivity index (χ3v) is 6.99. The molecule has 12 nitrogen and oxygen atoms in total. The fourth-order valence-corrected chi connectivity index (χ4v) is 5.05. The summed E-state index contributed by atoms with van der Waals surface area (Å²) >= 11 is 0. The molecule has 2 aromatic rings. The molecule has 6 atom stereocenters. The van der Waals surface area contributed by atoms with Crippen LogP contribution in [0.5, 0.6) is 5.75 Å². The first kappa shape index (κ1) is 25.4. The molecule has 0 saturated carbocycles. The number of aliphatic hydroxyl groups is 1. The van der Waals surface area contributed by atoms with Crippen molar-refractivity contribution in [2.75, 3.05) is 18.5 Å². The molecule has 0 radical (unpaired) electrons. The molecule has 3 N–H and O–H groups in total. The second-order valence-corrected chi connectivity index (χ2v) is 10.4. The average Bonchev–Trinajstić information content (AvgIpc) is 3.10. The third kappa shape index (κ3) is 6.53. The van der Waals surface area contributed by atoms with E-state index in [2.05, 4.69) is 9.97 Å². The van der Waals surface area contributed by atoms with Gasteiger partial charge in [0.25, 0.3) is 0 Å². The molecule has 1 unspecified atom stereocenters. The standard InChI is InChI=1S/C23H28FN4O8P/c1-5-23(24)18(29)17(35-20(23)28-13-26-21(25)27-22(28)31)11-33-37(32,36-16-9-7-6-8-10-16)12-15(4)19(30)34-14(2)3/h1,6-10,13-15,17-18,20,29H,11-12H2,2-4H3,(H2,25,27,31)/t15-,17-,18+,20-,23?,37+/m1/s1/i11D2. The minimum Gasteiger partial charge on any atom is -0.463 e. The number of rotatable bonds is 10. The lowest BCUT2D eigenvalue weighted by molar-refractivity contribution is -0.151. The fraction of sp³-hybridized carbons (Fsp3) is 0.478. The van der Waals surface area contributed by atoms with E-state index in [-0.39, 0.29) is 5.75 Å². The highest BCUT2D eigenvalue weighted by Gasteiger charge is 2.58. The van der Waals surface area contributed by atoms with Crippen LogP contribution in [0.4, 0.5) is 10.3 Å². The van der Waals surface area contributed by atoms with Gasteiger partial charge in [-0.2, -0.15) is 4.98 Å². The van der Waals surface area contributed by atoms with E-state index >= 15 is 4.39 Å². The summed E-state index contributed by atoms with van der Waals surface area (Å²) in [4.78, 5) is 31.6. The van der Waals surface area contributed by atoms with Crippen LogP contribution in [-0.2, 0) is 23.4 Å². The first-order chi connectivity index (χ1) is 18.1. The van der Waals surface area contributed by atoms with E-state index in [0.29, 0.717) is 4.57 Å². The number of hydrogen-bond acceptors (Lipinski definition) is 11. The van der Waals surface area contributed by atoms with Crippen molar-refractivity contribution in [1.29, 1.82) is 0 Å². The normalized spacial score (nSPS) is 26.9. The summed E-state index contributed by atoms with van der Waals surface area (Å²) in [5, 5.41) is 10.7. The number of aromatic nitrogens is 3. The van der Waals surface area contributed by atoms with E-state index in [1.807, 2.05) is 0 Å². The van der Waals surface area contributed by atoms with Crippen LogP contribution in [0.3, 0.4) is 0 Å². The van der Waals surface area contributed by atoms with Crippen molar-refractivity contribution >= 4 is 19.5 Å². The van der Waals surface area contributed by atoms with Crippen LogP contribution in [0.15, 0.2) is 41.5 Å². The summed E-state index contributed by atoms with van der Waals surface area (Å²) < 4.78 is 68.4. The van der Waals surface area contributed by atoms with Crippen molar-refractivity contribution in [3.8, 4) is 18.1 Å². The van der Waals surface area contributed by atoms with Gasteiger partial charge in [-0.3, -0.25) is 13.9 Å². The molecule has 2 heterocycles. The molecule has 1 fully saturated rings. The third-order valence-electron chi connectivity index (χ3n) is 5.12. The molecular weight excluding hydrogens is 510 g/mol. The van der Waals surface area contributed by atoms with Crippen LogP contribution in [0.2, 0.25) is 0 Å². The van der Waals surface area contributed by atoms with Crippen LogP contribution >= 0.6 is 7.60 Å². The highest BCUT2D eigenvalue weighted by atomic mass is 31.2. The number of carbonyl (C=O) groups is 1. The molecule has 0 amide bonds. The lowest BCUT2D eigenvalue weighted by atomic mass is 9.97. The van der Waals surface area contributed by atoms with E-state index in [1.54, 1.807) is 38.0 Å². The molecule has 3 rings (SSSR count). The summed E-state index contributed by atoms with van der Waals surface area (Å²) in [6.45, 7) is 1.36. The molecule has 14 heteroatoms. The Kier molecular flexibility index (Phi) is 7.81. The van der Waals surface area contributed by atoms with Crippen molar-refractivity contribution in [2.24, 2.45) is 5.92 Å². The Morgan fingerprint density at radius 2 is 2.11 bits per heavy atom. The highest BCUT2D eigenvalue weighted by Crippen LogP contribution is 2.51. The minimum absolute atomic E-state index is 0.0147. The number of carbonyl (C=O) groups excluding carboxylic acids is 1. The fourth-order valence-electron chi connectivity index (χ4n) is 3.34. The second-order valence-electron chi connectivity index (χ2n) is 8.46. The van der Waals surface area contributed by atoms with Crippen molar-refractivity contribution < 1.29 is 40.1 Å². The van der Waals surface area contributed by atoms with Crippen LogP contribution < -0.4 is 15.9 Å². The zero-order valence-corrected chi connectivity index (χ0v) is 21.1. The Morgan fingerprint density at radius 3 is 2.70 bits per heavy atom. The van der Waals surface area contributed by atoms with Gasteiger partial charge < -0.3 is 24.8 Å². The Hall–Kier alpha value is -3.30. The van der Waals surface area contributed by atoms with Crippen molar-refractivity contribution in [3.63, 3.8) is 0 Å². The maximum atomic E-state index is 15.8. The Morgan fingerprint density at radius 1 is 1.43 bits per heavy atom. The smallest absolute Gasteiger partial charge is 0.380 e. The number of anilines is 1. The van der Waals surface area contributed by atoms with Gasteiger partial charge >= 0.3 is 19.3 Å². The van der Waals surface area contributed by atoms with Gasteiger partial charge in [-0.15, -0.1) is 6.42 Å². The molecule has 0 bridgehead atoms. The summed E-state index contributed by atoms with van der Waals surface area (Å²) in [6.07, 6.45) is -1.85. The van der Waals surface area contributed by atoms with Gasteiger partial charge in [-0.1, -0.05) is 31.0 Å². The van der Waals surface area contributed by atoms with Gasteiger partial charge in [0.15, 0.2) is 6.23 Å². The van der Waals surface area contributed by atoms with Gasteiger partial charge in [-0.05, 0) is 26.0 Å². The summed E-state index contributed by atoms with van der Waals surface area (Å²) in [5.41, 5.74) is 1.03. The van der Waals surface area contributed by atoms with Crippen molar-refractivity contribution in [1.82, 2.24) is 14.5 Å². The number of nitrogens with zero attached hydrogens (tertiary/aromatic N) is 3. The number of aliphatic hydroxyl groups excluding tert-OH is 1. The quantitative estimate of drug-likeness (QED) is 0.256. The molecule has 1 aromatic heterocycles. The minimum atomic E-state index is -4.60. The molecule has 200 valence electrons. The van der Waals surface area contributed by atoms with Crippen LogP contribution in [-0.4, -0.2) is 62.3 Å². The number of nitrogens with two attached hydrogens (primary N) is 1. The summed E-state index contributed by atoms with van der Waals surface area (Å²) in [6, 6.07) is 7.58. The van der Waals surface area contributed by atoms with Crippen molar-refractivity contribution in [3.05, 3.63) is 47.1 Å². The van der Waals surface area contributed by atoms with Gasteiger partial charge in [0.05, 0.1) is 27.5 Å². The molecular formula is C23H28FN4O8P. The predicted octanol–water partition coefficient (Wildman–Crippen LogP) is 1.70. The molecule has 0 spiro atoms. The molecule has 0 aliphatic carbocycles. The maximum absolute atomic E-state index is 15.8. The topological polar surface area (TPSA) is 165 Å². The zero-order chi connectivity index (χ0) is 29.2. The molecule has 1 aliphatic heterocycles. The number of hydrogen-bond donors (Lipinski definition) is 2. The van der Waals surface area contributed by atoms with Crippen LogP contribution in [0.1, 0.15) is 29.7 Å². The lowest BCUT2D eigenvalue weighted by Gasteiger charge is -2.24. The molecule has 1 aromatic carbocycles. The number of ether oxygens (including phenoxy) is 2. The lowest BCUT2D eigenvalue weighted by Crippen LogP contribution is -2.44. The number of nitrogen functional groups attached to an aromatic ring is 1. The number of alkyl halides is 1. The Labute approximate surface area is 215 Å². The molecule has 37 heavy (non-hydrogen) atoms. The van der Waals surface area contributed by atoms with E-state index in [0.717, 1.165) is 6.33 Å². The first-order valence-electron chi connectivity index (χ1n) is 12.1. The number of terminal acetylenes is 1. The SMILES string of the molecule is [2H]C([2H])(O[P@@](=O)(C[C@@H](C)C(=O)OC(C)C)Oc1ccccc1)[C@H]1O[C@@H](n2cnc(N)nc2=O)C(F)(C#C)[C@H]1O. The predicted molar refractivity (Wildman–Crippen MR) is 129 cm³/mol. The van der Waals surface area contributed by atoms with Gasteiger partial charge in [0.1, 0.15) is 24.3 Å². The van der Waals surface area contributed by atoms with Crippen LogP contribution in [0, 0.1) is 18.3 Å².